The van der Waals surface area contributed by atoms with E-state index in [0.29, 0.717) is 5.88 Å². The van der Waals surface area contributed by atoms with Crippen molar-refractivity contribution in [2.45, 2.75) is 37.8 Å². The van der Waals surface area contributed by atoms with E-state index in [1.54, 1.807) is 6.07 Å². The van der Waals surface area contributed by atoms with Gasteiger partial charge in [-0.05, 0) is 25.7 Å². The molecule has 0 amide bonds. The number of carbonyl (C=O) groups excluding carboxylic acids is 1. The molecule has 1 aliphatic carbocycles. The monoisotopic (exact) mass is 251 g/mol. The van der Waals surface area contributed by atoms with Crippen molar-refractivity contribution in [1.82, 2.24) is 9.97 Å². The van der Waals surface area contributed by atoms with Gasteiger partial charge in [0.15, 0.2) is 0 Å². The summed E-state index contributed by atoms with van der Waals surface area (Å²) in [6, 6.07) is 1.82. The number of nitrogens with two attached hydrogens (primary N) is 1. The van der Waals surface area contributed by atoms with Crippen LogP contribution in [0.15, 0.2) is 12.3 Å². The molecule has 98 valence electrons. The SMILES string of the molecule is COC(=O)c1nccc(OC2CCCC(N)C2)n1. The van der Waals surface area contributed by atoms with Gasteiger partial charge in [-0.25, -0.2) is 9.78 Å². The molecule has 0 radical (unpaired) electrons. The van der Waals surface area contributed by atoms with Gasteiger partial charge in [-0.15, -0.1) is 0 Å². The topological polar surface area (TPSA) is 87.3 Å². The summed E-state index contributed by atoms with van der Waals surface area (Å²) in [4.78, 5) is 19.1. The van der Waals surface area contributed by atoms with Gasteiger partial charge in [0.1, 0.15) is 6.10 Å². The summed E-state index contributed by atoms with van der Waals surface area (Å²) in [6.07, 6.45) is 5.42. The largest absolute Gasteiger partial charge is 0.474 e. The van der Waals surface area contributed by atoms with E-state index in [9.17, 15) is 4.79 Å². The highest BCUT2D eigenvalue weighted by Crippen LogP contribution is 2.21. The highest BCUT2D eigenvalue weighted by Gasteiger charge is 2.21. The van der Waals surface area contributed by atoms with Crippen molar-refractivity contribution in [3.05, 3.63) is 18.1 Å². The van der Waals surface area contributed by atoms with Crippen molar-refractivity contribution >= 4 is 5.97 Å². The summed E-state index contributed by atoms with van der Waals surface area (Å²) in [5, 5.41) is 0. The number of ether oxygens (including phenoxy) is 2. The van der Waals surface area contributed by atoms with Gasteiger partial charge in [-0.2, -0.15) is 4.98 Å². The second-order valence-corrected chi connectivity index (χ2v) is 4.38. The fraction of sp³-hybridized carbons (Fsp3) is 0.583. The maximum absolute atomic E-state index is 11.3. The lowest BCUT2D eigenvalue weighted by Crippen LogP contribution is -2.34. The van der Waals surface area contributed by atoms with Crippen LogP contribution in [0.25, 0.3) is 0 Å². The number of hydrogen-bond donors (Lipinski definition) is 1. The smallest absolute Gasteiger partial charge is 0.376 e. The van der Waals surface area contributed by atoms with Crippen LogP contribution in [-0.2, 0) is 4.74 Å². The number of esters is 1. The first-order valence-corrected chi connectivity index (χ1v) is 6.02. The molecule has 0 aliphatic heterocycles. The Morgan fingerprint density at radius 2 is 2.33 bits per heavy atom. The van der Waals surface area contributed by atoms with Crippen molar-refractivity contribution in [2.75, 3.05) is 7.11 Å². The number of methoxy groups -OCH3 is 1. The summed E-state index contributed by atoms with van der Waals surface area (Å²) in [5.41, 5.74) is 5.89. The van der Waals surface area contributed by atoms with E-state index in [-0.39, 0.29) is 18.0 Å². The van der Waals surface area contributed by atoms with Crippen molar-refractivity contribution in [1.29, 1.82) is 0 Å². The maximum Gasteiger partial charge on any atom is 0.376 e. The average molecular weight is 251 g/mol. The van der Waals surface area contributed by atoms with Gasteiger partial charge >= 0.3 is 5.97 Å². The van der Waals surface area contributed by atoms with Gasteiger partial charge in [0.25, 0.3) is 0 Å². The zero-order chi connectivity index (χ0) is 13.0. The van der Waals surface area contributed by atoms with Crippen LogP contribution < -0.4 is 10.5 Å². The second-order valence-electron chi connectivity index (χ2n) is 4.38. The molecule has 1 saturated carbocycles. The molecule has 0 aromatic carbocycles. The zero-order valence-corrected chi connectivity index (χ0v) is 10.3. The molecule has 1 heterocycles. The number of carbonyl (C=O) groups is 1. The molecule has 2 atom stereocenters. The van der Waals surface area contributed by atoms with Gasteiger partial charge < -0.3 is 15.2 Å². The Labute approximate surface area is 106 Å². The summed E-state index contributed by atoms with van der Waals surface area (Å²) in [6.45, 7) is 0. The Morgan fingerprint density at radius 1 is 1.50 bits per heavy atom. The maximum atomic E-state index is 11.3. The number of rotatable bonds is 3. The molecular formula is C12H17N3O3. The van der Waals surface area contributed by atoms with Crippen LogP contribution in [-0.4, -0.2) is 35.2 Å². The van der Waals surface area contributed by atoms with E-state index in [4.69, 9.17) is 10.5 Å². The van der Waals surface area contributed by atoms with E-state index >= 15 is 0 Å². The van der Waals surface area contributed by atoms with Crippen LogP contribution >= 0.6 is 0 Å². The van der Waals surface area contributed by atoms with Crippen LogP contribution in [0.1, 0.15) is 36.3 Å². The minimum atomic E-state index is -0.569. The molecule has 6 heteroatoms. The Hall–Kier alpha value is -1.69. The number of aromatic nitrogens is 2. The lowest BCUT2D eigenvalue weighted by Gasteiger charge is -2.26. The average Bonchev–Trinajstić information content (AvgIpc) is 2.38. The summed E-state index contributed by atoms with van der Waals surface area (Å²) in [7, 11) is 1.29. The van der Waals surface area contributed by atoms with E-state index in [2.05, 4.69) is 14.7 Å². The molecule has 0 saturated heterocycles. The Balaban J connectivity index is 2.02. The van der Waals surface area contributed by atoms with Gasteiger partial charge in [0, 0.05) is 18.3 Å². The van der Waals surface area contributed by atoms with Gasteiger partial charge in [0.2, 0.25) is 11.7 Å². The van der Waals surface area contributed by atoms with Gasteiger partial charge in [-0.1, -0.05) is 0 Å². The molecule has 1 aromatic rings. The molecule has 0 spiro atoms. The summed E-state index contributed by atoms with van der Waals surface area (Å²) >= 11 is 0. The molecule has 2 unspecified atom stereocenters. The molecule has 6 nitrogen and oxygen atoms in total. The number of nitrogens with zero attached hydrogens (tertiary/aromatic N) is 2. The van der Waals surface area contributed by atoms with Crippen LogP contribution in [0.4, 0.5) is 0 Å². The third-order valence-electron chi connectivity index (χ3n) is 2.95. The lowest BCUT2D eigenvalue weighted by atomic mass is 9.94. The van der Waals surface area contributed by atoms with E-state index in [1.165, 1.54) is 13.3 Å². The first-order chi connectivity index (χ1) is 8.69. The lowest BCUT2D eigenvalue weighted by molar-refractivity contribution is 0.0583. The molecule has 1 aliphatic rings. The molecule has 1 fully saturated rings. The normalized spacial score (nSPS) is 23.4. The van der Waals surface area contributed by atoms with Gasteiger partial charge in [-0.3, -0.25) is 0 Å². The predicted molar refractivity (Wildman–Crippen MR) is 64.2 cm³/mol. The first-order valence-electron chi connectivity index (χ1n) is 6.02. The third kappa shape index (κ3) is 3.16. The highest BCUT2D eigenvalue weighted by molar-refractivity contribution is 5.84. The van der Waals surface area contributed by atoms with Crippen molar-refractivity contribution in [3.63, 3.8) is 0 Å². The highest BCUT2D eigenvalue weighted by atomic mass is 16.5. The second kappa shape index (κ2) is 5.77. The van der Waals surface area contributed by atoms with Crippen LogP contribution in [0.3, 0.4) is 0 Å². The minimum Gasteiger partial charge on any atom is -0.474 e. The van der Waals surface area contributed by atoms with Crippen molar-refractivity contribution in [2.24, 2.45) is 5.73 Å². The van der Waals surface area contributed by atoms with Crippen LogP contribution in [0.2, 0.25) is 0 Å². The molecule has 2 rings (SSSR count). The molecule has 18 heavy (non-hydrogen) atoms. The van der Waals surface area contributed by atoms with Crippen molar-refractivity contribution < 1.29 is 14.3 Å². The fourth-order valence-electron chi connectivity index (χ4n) is 2.06. The predicted octanol–water partition coefficient (Wildman–Crippen LogP) is 0.912. The standard InChI is InChI=1S/C12H17N3O3/c1-17-12(16)11-14-6-5-10(15-11)18-9-4-2-3-8(13)7-9/h5-6,8-9H,2-4,7,13H2,1H3. The quantitative estimate of drug-likeness (QED) is 0.803. The van der Waals surface area contributed by atoms with E-state index in [0.717, 1.165) is 25.7 Å². The minimum absolute atomic E-state index is 0.00936. The van der Waals surface area contributed by atoms with Crippen LogP contribution in [0.5, 0.6) is 5.88 Å². The Morgan fingerprint density at radius 3 is 3.06 bits per heavy atom. The Kier molecular flexibility index (Phi) is 4.09. The van der Waals surface area contributed by atoms with E-state index in [1.807, 2.05) is 0 Å². The number of hydrogen-bond acceptors (Lipinski definition) is 6. The van der Waals surface area contributed by atoms with E-state index < -0.39 is 5.97 Å². The van der Waals surface area contributed by atoms with Crippen LogP contribution in [0, 0.1) is 0 Å². The summed E-state index contributed by atoms with van der Waals surface area (Å²) in [5.74, 6) is -0.166. The summed E-state index contributed by atoms with van der Waals surface area (Å²) < 4.78 is 10.3. The molecular weight excluding hydrogens is 234 g/mol. The molecule has 2 N–H and O–H groups in total. The third-order valence-corrected chi connectivity index (χ3v) is 2.95. The molecule has 0 bridgehead atoms. The van der Waals surface area contributed by atoms with Gasteiger partial charge in [0.05, 0.1) is 7.11 Å². The zero-order valence-electron chi connectivity index (χ0n) is 10.3. The first kappa shape index (κ1) is 12.8. The molecule has 1 aromatic heterocycles. The van der Waals surface area contributed by atoms with Crippen molar-refractivity contribution in [3.8, 4) is 5.88 Å². The Bertz CT molecular complexity index is 425. The fourth-order valence-corrected chi connectivity index (χ4v) is 2.06.